The van der Waals surface area contributed by atoms with E-state index < -0.39 is 0 Å². The highest BCUT2D eigenvalue weighted by Crippen LogP contribution is 2.45. The van der Waals surface area contributed by atoms with E-state index in [4.69, 9.17) is 29.9 Å². The van der Waals surface area contributed by atoms with Crippen LogP contribution in [0.25, 0.3) is 78.6 Å². The van der Waals surface area contributed by atoms with Crippen LogP contribution in [0, 0.1) is 41.5 Å². The summed E-state index contributed by atoms with van der Waals surface area (Å²) in [5.41, 5.74) is 18.7. The lowest BCUT2D eigenvalue weighted by Gasteiger charge is -2.32. The predicted octanol–water partition coefficient (Wildman–Crippen LogP) is 18.0. The fourth-order valence-electron chi connectivity index (χ4n) is 11.0. The molecule has 0 atom stereocenters. The zero-order chi connectivity index (χ0) is 53.3. The van der Waals surface area contributed by atoms with Gasteiger partial charge in [0.15, 0.2) is 23.3 Å². The van der Waals surface area contributed by atoms with Crippen LogP contribution in [0.1, 0.15) is 33.4 Å². The Morgan fingerprint density at radius 1 is 0.282 bits per heavy atom. The molecule has 0 spiro atoms. The van der Waals surface area contributed by atoms with Gasteiger partial charge < -0.3 is 4.90 Å². The molecule has 376 valence electrons. The van der Waals surface area contributed by atoms with Crippen LogP contribution in [0.15, 0.2) is 231 Å². The topological polar surface area (TPSA) is 83.8 Å². The summed E-state index contributed by atoms with van der Waals surface area (Å²) in [6, 6.07) is 79.7. The van der Waals surface area contributed by atoms with Crippen LogP contribution >= 0.6 is 0 Å². The van der Waals surface area contributed by atoms with Crippen molar-refractivity contribution in [2.24, 2.45) is 0 Å². The van der Waals surface area contributed by atoms with E-state index in [1.807, 2.05) is 83.8 Å². The molecule has 0 N–H and O–H groups in total. The standard InChI is InChI=1S/C70H56N8/c1-45-41-47(3)63(48(4)42-45)77(64-49(5)43-46(2)44-50(64)6)56-36-38-57(39-37-56)78(69-73-65(54-28-15-9-16-29-54)71-67(75-69)60-34-22-21-32-58(60)51-23-11-7-12-24-51)70-74-66(55-30-17-10-18-31-55)72-68(76-70)61-40-35-52-25-19-20-33-59(52)62(61)53-26-13-8-14-27-53/h7-44H,1-6H3. The maximum atomic E-state index is 5.55. The van der Waals surface area contributed by atoms with E-state index in [9.17, 15) is 0 Å². The summed E-state index contributed by atoms with van der Waals surface area (Å²) in [6.07, 6.45) is 0. The predicted molar refractivity (Wildman–Crippen MR) is 321 cm³/mol. The number of nitrogens with zero attached hydrogens (tertiary/aromatic N) is 8. The number of rotatable bonds is 12. The fourth-order valence-corrected chi connectivity index (χ4v) is 11.0. The van der Waals surface area contributed by atoms with Gasteiger partial charge in [0, 0.05) is 33.5 Å². The highest BCUT2D eigenvalue weighted by atomic mass is 15.4. The normalized spacial score (nSPS) is 11.2. The molecule has 8 nitrogen and oxygen atoms in total. The van der Waals surface area contributed by atoms with Crippen molar-refractivity contribution in [2.75, 3.05) is 9.80 Å². The van der Waals surface area contributed by atoms with E-state index in [0.29, 0.717) is 35.2 Å². The molecule has 0 saturated carbocycles. The quantitative estimate of drug-likeness (QED) is 0.120. The molecule has 0 saturated heterocycles. The molecule has 2 heterocycles. The number of aromatic nitrogens is 6. The molecule has 0 fully saturated rings. The summed E-state index contributed by atoms with van der Waals surface area (Å²) in [6.45, 7) is 13.1. The molecule has 0 aliphatic heterocycles. The summed E-state index contributed by atoms with van der Waals surface area (Å²) in [4.78, 5) is 36.9. The van der Waals surface area contributed by atoms with Crippen molar-refractivity contribution in [1.82, 2.24) is 29.9 Å². The maximum absolute atomic E-state index is 5.55. The first-order valence-electron chi connectivity index (χ1n) is 26.4. The molecule has 2 aromatic heterocycles. The Balaban J connectivity index is 1.14. The van der Waals surface area contributed by atoms with Gasteiger partial charge in [-0.15, -0.1) is 0 Å². The van der Waals surface area contributed by atoms with Gasteiger partial charge in [-0.3, -0.25) is 0 Å². The second-order valence-corrected chi connectivity index (χ2v) is 20.0. The summed E-state index contributed by atoms with van der Waals surface area (Å²) in [5, 5.41) is 2.20. The zero-order valence-corrected chi connectivity index (χ0v) is 44.5. The third kappa shape index (κ3) is 9.56. The number of aryl methyl sites for hydroxylation is 6. The van der Waals surface area contributed by atoms with E-state index >= 15 is 0 Å². The Labute approximate surface area is 456 Å². The van der Waals surface area contributed by atoms with Gasteiger partial charge in [0.2, 0.25) is 11.9 Å². The van der Waals surface area contributed by atoms with E-state index in [0.717, 1.165) is 78.0 Å². The van der Waals surface area contributed by atoms with Crippen LogP contribution in [0.2, 0.25) is 0 Å². The molecular formula is C70H56N8. The molecular weight excluding hydrogens is 953 g/mol. The highest BCUT2D eigenvalue weighted by molar-refractivity contribution is 6.03. The van der Waals surface area contributed by atoms with Crippen molar-refractivity contribution in [3.05, 3.63) is 264 Å². The SMILES string of the molecule is Cc1cc(C)c(N(c2ccc(N(c3nc(-c4ccccc4)nc(-c4ccccc4-c4ccccc4)n3)c3nc(-c4ccccc4)nc(-c4ccc5ccccc5c4-c4ccccc4)n3)cc2)c2c(C)cc(C)cc2C)c(C)c1. The molecule has 78 heavy (non-hydrogen) atoms. The lowest BCUT2D eigenvalue weighted by molar-refractivity contribution is 0.964. The van der Waals surface area contributed by atoms with Crippen molar-refractivity contribution in [3.63, 3.8) is 0 Å². The Hall–Kier alpha value is -9.92. The second kappa shape index (κ2) is 21.0. The van der Waals surface area contributed by atoms with E-state index in [-0.39, 0.29) is 0 Å². The number of anilines is 6. The summed E-state index contributed by atoms with van der Waals surface area (Å²) >= 11 is 0. The summed E-state index contributed by atoms with van der Waals surface area (Å²) in [7, 11) is 0. The van der Waals surface area contributed by atoms with E-state index in [2.05, 4.69) is 198 Å². The van der Waals surface area contributed by atoms with E-state index in [1.54, 1.807) is 0 Å². The second-order valence-electron chi connectivity index (χ2n) is 20.0. The first-order valence-corrected chi connectivity index (χ1v) is 26.4. The van der Waals surface area contributed by atoms with Crippen LogP contribution < -0.4 is 9.80 Å². The minimum atomic E-state index is 0.332. The Morgan fingerprint density at radius 3 is 1.17 bits per heavy atom. The molecule has 10 aromatic carbocycles. The molecule has 12 aromatic rings. The Morgan fingerprint density at radius 2 is 0.667 bits per heavy atom. The van der Waals surface area contributed by atoms with Crippen molar-refractivity contribution in [2.45, 2.75) is 41.5 Å². The minimum Gasteiger partial charge on any atom is -0.309 e. The monoisotopic (exact) mass is 1010 g/mol. The molecule has 0 unspecified atom stereocenters. The maximum Gasteiger partial charge on any atom is 0.241 e. The fraction of sp³-hybridized carbons (Fsp3) is 0.0857. The zero-order valence-electron chi connectivity index (χ0n) is 44.5. The number of fused-ring (bicyclic) bond motifs is 1. The van der Waals surface area contributed by atoms with Gasteiger partial charge in [-0.1, -0.05) is 211 Å². The lowest BCUT2D eigenvalue weighted by atomic mass is 9.93. The first-order chi connectivity index (χ1) is 38.1. The molecule has 0 amide bonds. The van der Waals surface area contributed by atoms with Gasteiger partial charge in [-0.2, -0.15) is 19.9 Å². The average molecular weight is 1010 g/mol. The largest absolute Gasteiger partial charge is 0.309 e. The van der Waals surface area contributed by atoms with Gasteiger partial charge in [0.05, 0.1) is 17.1 Å². The van der Waals surface area contributed by atoms with Crippen molar-refractivity contribution < 1.29 is 0 Å². The number of hydrogen-bond donors (Lipinski definition) is 0. The smallest absolute Gasteiger partial charge is 0.241 e. The van der Waals surface area contributed by atoms with Gasteiger partial charge in [0.25, 0.3) is 0 Å². The molecule has 0 bridgehead atoms. The molecule has 0 aliphatic carbocycles. The third-order valence-corrected chi connectivity index (χ3v) is 14.3. The van der Waals surface area contributed by atoms with Crippen LogP contribution in [0.5, 0.6) is 0 Å². The van der Waals surface area contributed by atoms with Gasteiger partial charge in [-0.25, -0.2) is 14.9 Å². The first kappa shape index (κ1) is 49.0. The highest BCUT2D eigenvalue weighted by Gasteiger charge is 2.28. The lowest BCUT2D eigenvalue weighted by Crippen LogP contribution is -2.19. The third-order valence-electron chi connectivity index (χ3n) is 14.3. The Bertz CT molecular complexity index is 4040. The minimum absolute atomic E-state index is 0.332. The van der Waals surface area contributed by atoms with Crippen LogP contribution in [-0.2, 0) is 0 Å². The van der Waals surface area contributed by atoms with E-state index in [1.165, 1.54) is 33.4 Å². The van der Waals surface area contributed by atoms with Crippen molar-refractivity contribution in [3.8, 4) is 67.8 Å². The Kier molecular flexibility index (Phi) is 13.2. The average Bonchev–Trinajstić information content (AvgIpc) is 3.48. The van der Waals surface area contributed by atoms with Crippen LogP contribution in [-0.4, -0.2) is 29.9 Å². The van der Waals surface area contributed by atoms with Gasteiger partial charge in [0.1, 0.15) is 0 Å². The van der Waals surface area contributed by atoms with Gasteiger partial charge in [-0.05, 0) is 122 Å². The molecule has 12 rings (SSSR count). The van der Waals surface area contributed by atoms with Crippen molar-refractivity contribution >= 4 is 45.4 Å². The number of benzene rings is 10. The van der Waals surface area contributed by atoms with Crippen LogP contribution in [0.3, 0.4) is 0 Å². The molecule has 8 heteroatoms. The summed E-state index contributed by atoms with van der Waals surface area (Å²) < 4.78 is 0. The molecule has 0 radical (unpaired) electrons. The van der Waals surface area contributed by atoms with Crippen LogP contribution in [0.4, 0.5) is 34.6 Å². The van der Waals surface area contributed by atoms with Crippen molar-refractivity contribution in [1.29, 1.82) is 0 Å². The summed E-state index contributed by atoms with van der Waals surface area (Å²) in [5.74, 6) is 2.66. The van der Waals surface area contributed by atoms with Gasteiger partial charge >= 0.3 is 0 Å². The molecule has 0 aliphatic rings. The number of hydrogen-bond acceptors (Lipinski definition) is 8.